The minimum absolute atomic E-state index is 0.0835. The molecule has 0 bridgehead atoms. The van der Waals surface area contributed by atoms with Gasteiger partial charge in [0.25, 0.3) is 0 Å². The van der Waals surface area contributed by atoms with Crippen molar-refractivity contribution in [3.63, 3.8) is 0 Å². The van der Waals surface area contributed by atoms with E-state index in [4.69, 9.17) is 9.31 Å². The van der Waals surface area contributed by atoms with E-state index in [9.17, 15) is 0 Å². The highest BCUT2D eigenvalue weighted by molar-refractivity contribution is 6.62. The topological polar surface area (TPSA) is 49.2 Å². The number of aromatic nitrogens is 3. The highest BCUT2D eigenvalue weighted by Crippen LogP contribution is 2.28. The standard InChI is InChI=1S/C16H20BN3O2/c1-10-16(3,4)22-17(21-10)13-6-7-14-12(9-13)5-8-15-19-18-11(2)20(14)15/h6-7,9-10H,5,8H2,1-4H3. The molecule has 0 amide bonds. The molecule has 4 rings (SSSR count). The minimum atomic E-state index is -0.279. The predicted molar refractivity (Wildman–Crippen MR) is 84.6 cm³/mol. The molecule has 2 aromatic rings. The van der Waals surface area contributed by atoms with Gasteiger partial charge >= 0.3 is 7.12 Å². The van der Waals surface area contributed by atoms with E-state index in [1.807, 2.05) is 6.92 Å². The highest BCUT2D eigenvalue weighted by Gasteiger charge is 2.44. The molecule has 114 valence electrons. The molecular formula is C16H20BN3O2. The van der Waals surface area contributed by atoms with Crippen molar-refractivity contribution in [2.75, 3.05) is 0 Å². The fourth-order valence-corrected chi connectivity index (χ4v) is 3.19. The molecule has 2 aliphatic heterocycles. The van der Waals surface area contributed by atoms with Crippen LogP contribution in [0.2, 0.25) is 0 Å². The molecule has 1 aromatic carbocycles. The summed E-state index contributed by atoms with van der Waals surface area (Å²) in [5, 5.41) is 8.44. The lowest BCUT2D eigenvalue weighted by Crippen LogP contribution is -2.35. The molecule has 1 atom stereocenters. The quantitative estimate of drug-likeness (QED) is 0.750. The molecule has 3 heterocycles. The van der Waals surface area contributed by atoms with Gasteiger partial charge in [-0.25, -0.2) is 0 Å². The van der Waals surface area contributed by atoms with Gasteiger partial charge in [-0.2, -0.15) is 0 Å². The summed E-state index contributed by atoms with van der Waals surface area (Å²) in [5.74, 6) is 1.98. The number of rotatable bonds is 1. The molecule has 1 aromatic heterocycles. The number of benzene rings is 1. The van der Waals surface area contributed by atoms with Gasteiger partial charge in [0, 0.05) is 6.42 Å². The maximum absolute atomic E-state index is 6.06. The largest absolute Gasteiger partial charge is 0.494 e. The van der Waals surface area contributed by atoms with Crippen LogP contribution in [0.3, 0.4) is 0 Å². The van der Waals surface area contributed by atoms with Crippen LogP contribution in [0.4, 0.5) is 0 Å². The maximum atomic E-state index is 6.06. The second-order valence-corrected chi connectivity index (χ2v) is 6.72. The summed E-state index contributed by atoms with van der Waals surface area (Å²) >= 11 is 0. The molecule has 1 unspecified atom stereocenters. The summed E-state index contributed by atoms with van der Waals surface area (Å²) in [5.41, 5.74) is 3.32. The van der Waals surface area contributed by atoms with Crippen LogP contribution in [-0.2, 0) is 22.2 Å². The van der Waals surface area contributed by atoms with E-state index in [2.05, 4.69) is 53.7 Å². The molecule has 0 radical (unpaired) electrons. The zero-order valence-electron chi connectivity index (χ0n) is 13.5. The van der Waals surface area contributed by atoms with E-state index in [0.717, 1.165) is 30.0 Å². The number of aryl methyl sites for hydroxylation is 3. The molecule has 0 spiro atoms. The third kappa shape index (κ3) is 2.01. The Morgan fingerprint density at radius 3 is 2.82 bits per heavy atom. The van der Waals surface area contributed by atoms with Crippen LogP contribution >= 0.6 is 0 Å². The number of hydrogen-bond donors (Lipinski definition) is 0. The number of fused-ring (bicyclic) bond motifs is 3. The molecule has 5 nitrogen and oxygen atoms in total. The SMILES string of the molecule is Cc1nnc2n1-c1ccc(B3OC(C)C(C)(C)O3)cc1CC2. The van der Waals surface area contributed by atoms with Crippen LogP contribution in [0.5, 0.6) is 0 Å². The molecule has 0 aliphatic carbocycles. The van der Waals surface area contributed by atoms with Crippen molar-refractivity contribution in [3.05, 3.63) is 35.4 Å². The van der Waals surface area contributed by atoms with E-state index in [1.54, 1.807) is 0 Å². The van der Waals surface area contributed by atoms with Crippen molar-refractivity contribution in [1.29, 1.82) is 0 Å². The third-order valence-corrected chi connectivity index (χ3v) is 4.84. The Morgan fingerprint density at radius 1 is 1.27 bits per heavy atom. The van der Waals surface area contributed by atoms with Crippen LogP contribution in [0.15, 0.2) is 18.2 Å². The van der Waals surface area contributed by atoms with Gasteiger partial charge < -0.3 is 9.31 Å². The Bertz CT molecular complexity index is 741. The maximum Gasteiger partial charge on any atom is 0.494 e. The Balaban J connectivity index is 1.71. The van der Waals surface area contributed by atoms with Gasteiger partial charge in [-0.3, -0.25) is 4.57 Å². The average molecular weight is 297 g/mol. The smallest absolute Gasteiger partial charge is 0.402 e. The van der Waals surface area contributed by atoms with Gasteiger partial charge in [-0.15, -0.1) is 10.2 Å². The predicted octanol–water partition coefficient (Wildman–Crippen LogP) is 1.58. The first-order chi connectivity index (χ1) is 10.5. The van der Waals surface area contributed by atoms with Crippen LogP contribution < -0.4 is 5.46 Å². The molecule has 0 saturated carbocycles. The van der Waals surface area contributed by atoms with Crippen molar-refractivity contribution >= 4 is 12.6 Å². The summed E-state index contributed by atoms with van der Waals surface area (Å²) in [6, 6.07) is 6.43. The van der Waals surface area contributed by atoms with E-state index < -0.39 is 0 Å². The highest BCUT2D eigenvalue weighted by atomic mass is 16.7. The van der Waals surface area contributed by atoms with Gasteiger partial charge in [-0.1, -0.05) is 12.1 Å². The summed E-state index contributed by atoms with van der Waals surface area (Å²) in [7, 11) is -0.279. The number of hydrogen-bond acceptors (Lipinski definition) is 4. The van der Waals surface area contributed by atoms with Gasteiger partial charge in [0.05, 0.1) is 17.4 Å². The minimum Gasteiger partial charge on any atom is -0.402 e. The first kappa shape index (κ1) is 14.0. The average Bonchev–Trinajstić information content (AvgIpc) is 2.99. The van der Waals surface area contributed by atoms with Gasteiger partial charge in [0.2, 0.25) is 0 Å². The summed E-state index contributed by atoms with van der Waals surface area (Å²) in [4.78, 5) is 0. The van der Waals surface area contributed by atoms with E-state index in [0.29, 0.717) is 0 Å². The zero-order valence-corrected chi connectivity index (χ0v) is 13.5. The van der Waals surface area contributed by atoms with Gasteiger partial charge in [-0.05, 0) is 51.2 Å². The lowest BCUT2D eigenvalue weighted by molar-refractivity contribution is 0.0842. The monoisotopic (exact) mass is 297 g/mol. The Labute approximate surface area is 130 Å². The van der Waals surface area contributed by atoms with Crippen molar-refractivity contribution in [2.24, 2.45) is 0 Å². The molecule has 22 heavy (non-hydrogen) atoms. The fourth-order valence-electron chi connectivity index (χ4n) is 3.19. The van der Waals surface area contributed by atoms with Crippen LogP contribution in [0, 0.1) is 6.92 Å². The van der Waals surface area contributed by atoms with Gasteiger partial charge in [0.15, 0.2) is 0 Å². The molecule has 6 heteroatoms. The van der Waals surface area contributed by atoms with Gasteiger partial charge in [0.1, 0.15) is 11.6 Å². The van der Waals surface area contributed by atoms with Crippen molar-refractivity contribution in [2.45, 2.75) is 52.2 Å². The van der Waals surface area contributed by atoms with Crippen LogP contribution in [0.25, 0.3) is 5.69 Å². The van der Waals surface area contributed by atoms with Crippen LogP contribution in [0.1, 0.15) is 38.0 Å². The molecule has 0 N–H and O–H groups in total. The Hall–Kier alpha value is -1.66. The van der Waals surface area contributed by atoms with E-state index in [1.165, 1.54) is 11.3 Å². The molecule has 1 fully saturated rings. The fraction of sp³-hybridized carbons (Fsp3) is 0.500. The third-order valence-electron chi connectivity index (χ3n) is 4.84. The van der Waals surface area contributed by atoms with Crippen molar-refractivity contribution < 1.29 is 9.31 Å². The lowest BCUT2D eigenvalue weighted by Gasteiger charge is -2.22. The van der Waals surface area contributed by atoms with Crippen molar-refractivity contribution in [3.8, 4) is 5.69 Å². The normalized spacial score (nSPS) is 22.5. The van der Waals surface area contributed by atoms with Crippen LogP contribution in [-0.4, -0.2) is 33.6 Å². The van der Waals surface area contributed by atoms with E-state index in [-0.39, 0.29) is 18.8 Å². The summed E-state index contributed by atoms with van der Waals surface area (Å²) in [6.07, 6.45) is 1.98. The number of nitrogens with zero attached hydrogens (tertiary/aromatic N) is 3. The summed E-state index contributed by atoms with van der Waals surface area (Å²) < 4.78 is 14.2. The Kier molecular flexibility index (Phi) is 2.96. The molecular weight excluding hydrogens is 277 g/mol. The van der Waals surface area contributed by atoms with Crippen molar-refractivity contribution in [1.82, 2.24) is 14.8 Å². The second-order valence-electron chi connectivity index (χ2n) is 6.72. The first-order valence-electron chi connectivity index (χ1n) is 7.83. The van der Waals surface area contributed by atoms with E-state index >= 15 is 0 Å². The molecule has 2 aliphatic rings. The second kappa shape index (κ2) is 4.67. The molecule has 1 saturated heterocycles. The Morgan fingerprint density at radius 2 is 2.09 bits per heavy atom. The first-order valence-corrected chi connectivity index (χ1v) is 7.83. The zero-order chi connectivity index (χ0) is 15.5. The summed E-state index contributed by atoms with van der Waals surface area (Å²) in [6.45, 7) is 8.20. The lowest BCUT2D eigenvalue weighted by atomic mass is 9.77.